The number of rotatable bonds is 8. The molecular formula is C25H32N4O. The van der Waals surface area contributed by atoms with Gasteiger partial charge in [0.25, 0.3) is 0 Å². The zero-order valence-corrected chi connectivity index (χ0v) is 18.5. The number of aromatic amines is 1. The summed E-state index contributed by atoms with van der Waals surface area (Å²) in [6.07, 6.45) is 10.2. The first-order valence-electron chi connectivity index (χ1n) is 11.0. The number of aromatic nitrogens is 2. The molecule has 2 N–H and O–H groups in total. The fourth-order valence-electron chi connectivity index (χ4n) is 4.37. The minimum absolute atomic E-state index is 0.868. The quantitative estimate of drug-likeness (QED) is 0.502. The molecule has 2 heterocycles. The van der Waals surface area contributed by atoms with Crippen molar-refractivity contribution in [2.75, 3.05) is 38.6 Å². The zero-order chi connectivity index (χ0) is 21.1. The number of methoxy groups -OCH3 is 1. The molecular weight excluding hydrogens is 372 g/mol. The van der Waals surface area contributed by atoms with Crippen LogP contribution in [0.4, 0.5) is 5.69 Å². The number of allylic oxidation sites excluding steroid dienone is 2. The van der Waals surface area contributed by atoms with Crippen LogP contribution in [0.3, 0.4) is 0 Å². The second-order valence-corrected chi connectivity index (χ2v) is 7.86. The lowest BCUT2D eigenvalue weighted by Gasteiger charge is -2.18. The van der Waals surface area contributed by atoms with Gasteiger partial charge in [0.2, 0.25) is 0 Å². The highest BCUT2D eigenvalue weighted by atomic mass is 16.5. The van der Waals surface area contributed by atoms with E-state index in [0.29, 0.717) is 0 Å². The van der Waals surface area contributed by atoms with Crippen molar-refractivity contribution in [1.29, 1.82) is 0 Å². The Bertz CT molecular complexity index is 1110. The third-order valence-electron chi connectivity index (χ3n) is 6.16. The number of nitrogens with zero attached hydrogens (tertiary/aromatic N) is 2. The van der Waals surface area contributed by atoms with E-state index in [2.05, 4.69) is 60.3 Å². The molecule has 0 amide bonds. The molecule has 0 saturated carbocycles. The van der Waals surface area contributed by atoms with Crippen molar-refractivity contribution in [2.24, 2.45) is 0 Å². The molecule has 1 aromatic carbocycles. The van der Waals surface area contributed by atoms with Gasteiger partial charge in [-0.05, 0) is 62.8 Å². The lowest BCUT2D eigenvalue weighted by Crippen LogP contribution is -2.25. The predicted octanol–water partition coefficient (Wildman–Crippen LogP) is 5.27. The van der Waals surface area contributed by atoms with Crippen molar-refractivity contribution in [3.05, 3.63) is 53.1 Å². The number of hydrogen-bond acceptors (Lipinski definition) is 4. The van der Waals surface area contributed by atoms with E-state index in [1.807, 2.05) is 12.3 Å². The summed E-state index contributed by atoms with van der Waals surface area (Å²) in [4.78, 5) is 10.8. The van der Waals surface area contributed by atoms with Crippen molar-refractivity contribution >= 4 is 33.6 Å². The molecule has 3 aromatic rings. The monoisotopic (exact) mass is 404 g/mol. The molecule has 0 saturated heterocycles. The smallest absolute Gasteiger partial charge is 0.119 e. The van der Waals surface area contributed by atoms with E-state index < -0.39 is 0 Å². The van der Waals surface area contributed by atoms with Gasteiger partial charge in [-0.3, -0.25) is 4.98 Å². The van der Waals surface area contributed by atoms with Crippen molar-refractivity contribution in [3.8, 4) is 0 Å². The van der Waals surface area contributed by atoms with Gasteiger partial charge in [0.05, 0.1) is 18.1 Å². The summed E-state index contributed by atoms with van der Waals surface area (Å²) in [5.41, 5.74) is 7.01. The minimum atomic E-state index is 0.868. The molecule has 2 aromatic heterocycles. The number of anilines is 1. The number of ether oxygens (including phenoxy) is 1. The van der Waals surface area contributed by atoms with E-state index in [0.717, 1.165) is 56.0 Å². The van der Waals surface area contributed by atoms with E-state index in [1.54, 1.807) is 7.11 Å². The van der Waals surface area contributed by atoms with Crippen LogP contribution in [0, 0.1) is 6.92 Å². The Morgan fingerprint density at radius 3 is 2.83 bits per heavy atom. The number of aryl methyl sites for hydroxylation is 1. The third kappa shape index (κ3) is 3.82. The van der Waals surface area contributed by atoms with Crippen LogP contribution in [0.25, 0.3) is 27.9 Å². The van der Waals surface area contributed by atoms with Crippen LogP contribution in [0.2, 0.25) is 0 Å². The second-order valence-electron chi connectivity index (χ2n) is 7.86. The number of H-pyrrole nitrogens is 1. The molecule has 0 spiro atoms. The lowest BCUT2D eigenvalue weighted by atomic mass is 10.0. The minimum Gasteiger partial charge on any atom is -0.497 e. The number of nitrogens with one attached hydrogen (secondary N) is 2. The van der Waals surface area contributed by atoms with Crippen molar-refractivity contribution in [3.63, 3.8) is 0 Å². The van der Waals surface area contributed by atoms with Crippen LogP contribution in [-0.2, 0) is 11.2 Å². The summed E-state index contributed by atoms with van der Waals surface area (Å²) in [5.74, 6) is 0.883. The van der Waals surface area contributed by atoms with Crippen LogP contribution in [0.1, 0.15) is 37.1 Å². The molecule has 0 aliphatic heterocycles. The van der Waals surface area contributed by atoms with Crippen molar-refractivity contribution in [2.45, 2.75) is 33.6 Å². The normalized spacial score (nSPS) is 13.6. The second kappa shape index (κ2) is 8.92. The summed E-state index contributed by atoms with van der Waals surface area (Å²) in [6, 6.07) is 4.37. The maximum absolute atomic E-state index is 5.52. The molecule has 0 bridgehead atoms. The standard InChI is InChI=1S/C25H32N4O/c1-5-29(6-2)14-8-12-26-22-11-13-27-24-17(3)25-20(16-21(22)24)19-15-18(30-4)9-7-10-23(19)28-25/h7,9,11,13,15-16,28H,5-6,8,10,12,14H2,1-4H3,(H,26,27). The third-order valence-corrected chi connectivity index (χ3v) is 6.16. The first-order chi connectivity index (χ1) is 14.7. The largest absolute Gasteiger partial charge is 0.497 e. The van der Waals surface area contributed by atoms with Gasteiger partial charge in [-0.1, -0.05) is 19.9 Å². The molecule has 0 fully saturated rings. The molecule has 30 heavy (non-hydrogen) atoms. The summed E-state index contributed by atoms with van der Waals surface area (Å²) in [7, 11) is 1.72. The van der Waals surface area contributed by atoms with E-state index >= 15 is 0 Å². The van der Waals surface area contributed by atoms with Gasteiger partial charge in [-0.25, -0.2) is 0 Å². The molecule has 0 atom stereocenters. The summed E-state index contributed by atoms with van der Waals surface area (Å²) < 4.78 is 5.52. The molecule has 5 nitrogen and oxygen atoms in total. The van der Waals surface area contributed by atoms with Crippen LogP contribution in [-0.4, -0.2) is 48.2 Å². The Labute approximate surface area is 178 Å². The number of benzene rings is 1. The summed E-state index contributed by atoms with van der Waals surface area (Å²) >= 11 is 0. The maximum atomic E-state index is 5.52. The Morgan fingerprint density at radius 1 is 1.23 bits per heavy atom. The fourth-order valence-corrected chi connectivity index (χ4v) is 4.37. The molecule has 0 unspecified atom stereocenters. The van der Waals surface area contributed by atoms with Gasteiger partial charge in [0.15, 0.2) is 0 Å². The van der Waals surface area contributed by atoms with Crippen LogP contribution < -0.4 is 5.32 Å². The van der Waals surface area contributed by atoms with Gasteiger partial charge in [0, 0.05) is 46.9 Å². The molecule has 158 valence electrons. The van der Waals surface area contributed by atoms with E-state index in [-0.39, 0.29) is 0 Å². The maximum Gasteiger partial charge on any atom is 0.119 e. The predicted molar refractivity (Wildman–Crippen MR) is 127 cm³/mol. The first-order valence-corrected chi connectivity index (χ1v) is 11.0. The topological polar surface area (TPSA) is 53.2 Å². The van der Waals surface area contributed by atoms with Crippen LogP contribution >= 0.6 is 0 Å². The fraction of sp³-hybridized carbons (Fsp3) is 0.400. The van der Waals surface area contributed by atoms with Crippen molar-refractivity contribution < 1.29 is 4.74 Å². The Hall–Kier alpha value is -2.79. The highest BCUT2D eigenvalue weighted by Crippen LogP contribution is 2.35. The van der Waals surface area contributed by atoms with E-state index in [1.165, 1.54) is 33.1 Å². The average Bonchev–Trinajstić information content (AvgIpc) is 2.97. The van der Waals surface area contributed by atoms with Gasteiger partial charge in [-0.2, -0.15) is 0 Å². The van der Waals surface area contributed by atoms with Gasteiger partial charge >= 0.3 is 0 Å². The molecule has 1 aliphatic carbocycles. The average molecular weight is 405 g/mol. The zero-order valence-electron chi connectivity index (χ0n) is 18.5. The number of fused-ring (bicyclic) bond motifs is 4. The van der Waals surface area contributed by atoms with E-state index in [9.17, 15) is 0 Å². The molecule has 0 radical (unpaired) electrons. The summed E-state index contributed by atoms with van der Waals surface area (Å²) in [5, 5.41) is 6.06. The van der Waals surface area contributed by atoms with Crippen molar-refractivity contribution in [1.82, 2.24) is 14.9 Å². The van der Waals surface area contributed by atoms with E-state index in [4.69, 9.17) is 9.72 Å². The Balaban J connectivity index is 1.71. The number of pyridine rings is 1. The van der Waals surface area contributed by atoms with Gasteiger partial charge in [0.1, 0.15) is 5.76 Å². The highest BCUT2D eigenvalue weighted by Gasteiger charge is 2.17. The van der Waals surface area contributed by atoms with Gasteiger partial charge < -0.3 is 19.9 Å². The molecule has 5 heteroatoms. The highest BCUT2D eigenvalue weighted by molar-refractivity contribution is 6.07. The van der Waals surface area contributed by atoms with Crippen LogP contribution in [0.5, 0.6) is 0 Å². The Morgan fingerprint density at radius 2 is 2.07 bits per heavy atom. The molecule has 1 aliphatic rings. The molecule has 4 rings (SSSR count). The van der Waals surface area contributed by atoms with Crippen LogP contribution in [0.15, 0.2) is 36.2 Å². The van der Waals surface area contributed by atoms with Gasteiger partial charge in [-0.15, -0.1) is 0 Å². The lowest BCUT2D eigenvalue weighted by molar-refractivity contribution is 0.303. The first kappa shape index (κ1) is 20.5. The summed E-state index contributed by atoms with van der Waals surface area (Å²) in [6.45, 7) is 10.9. The Kier molecular flexibility index (Phi) is 6.09. The number of hydrogen-bond donors (Lipinski definition) is 2. The SMILES string of the molecule is CCN(CC)CCCNc1ccnc2c(C)c3[nH]c4c(c3cc12)C=C(OC)C=CC4.